The van der Waals surface area contributed by atoms with Gasteiger partial charge in [0.25, 0.3) is 0 Å². The normalized spacial score (nSPS) is 21.5. The number of anilines is 3. The number of methoxy groups -OCH3 is 1. The summed E-state index contributed by atoms with van der Waals surface area (Å²) < 4.78 is 5.13. The number of aliphatic imine (C=N–C) groups is 2. The van der Waals surface area contributed by atoms with Crippen LogP contribution in [0.3, 0.4) is 0 Å². The van der Waals surface area contributed by atoms with Crippen molar-refractivity contribution in [2.24, 2.45) is 15.7 Å². The lowest BCUT2D eigenvalue weighted by molar-refractivity contribution is 0.262. The molecule has 0 aromatic heterocycles. The van der Waals surface area contributed by atoms with Gasteiger partial charge in [0.15, 0.2) is 0 Å². The Morgan fingerprint density at radius 3 is 2.42 bits per heavy atom. The van der Waals surface area contributed by atoms with Crippen LogP contribution in [-0.2, 0) is 0 Å². The summed E-state index contributed by atoms with van der Waals surface area (Å²) in [6, 6.07) is 14.6. The van der Waals surface area contributed by atoms with Crippen LogP contribution in [0.4, 0.5) is 21.9 Å². The van der Waals surface area contributed by atoms with Gasteiger partial charge in [-0.25, -0.2) is 9.79 Å². The van der Waals surface area contributed by atoms with Crippen molar-refractivity contribution in [2.45, 2.75) is 31.3 Å². The van der Waals surface area contributed by atoms with Crippen LogP contribution < -0.4 is 26.0 Å². The molecule has 4 N–H and O–H groups in total. The molecule has 0 saturated carbocycles. The Kier molecular flexibility index (Phi) is 4.82. The number of urea groups is 1. The van der Waals surface area contributed by atoms with Crippen LogP contribution in [0.2, 0.25) is 0 Å². The molecule has 0 spiro atoms. The Labute approximate surface area is 180 Å². The fourth-order valence-electron chi connectivity index (χ4n) is 4.55. The topological polar surface area (TPSA) is 104 Å². The molecule has 5 rings (SSSR count). The summed E-state index contributed by atoms with van der Waals surface area (Å²) in [6.07, 6.45) is 4.80. The maximum atomic E-state index is 12.3. The Balaban J connectivity index is 1.30. The fraction of sp³-hybridized carbons (Fsp3) is 0.261. The summed E-state index contributed by atoms with van der Waals surface area (Å²) >= 11 is 0. The molecular weight excluding hydrogens is 392 g/mol. The Morgan fingerprint density at radius 1 is 1.06 bits per heavy atom. The first kappa shape index (κ1) is 19.2. The van der Waals surface area contributed by atoms with Crippen LogP contribution in [0.15, 0.2) is 69.8 Å². The average molecular weight is 416 g/mol. The lowest BCUT2D eigenvalue weighted by Gasteiger charge is -2.32. The molecule has 2 atom stereocenters. The highest BCUT2D eigenvalue weighted by Gasteiger charge is 2.45. The summed E-state index contributed by atoms with van der Waals surface area (Å²) in [4.78, 5) is 23.5. The molecule has 8 nitrogen and oxygen atoms in total. The zero-order valence-electron chi connectivity index (χ0n) is 17.2. The van der Waals surface area contributed by atoms with Gasteiger partial charge in [0.05, 0.1) is 7.11 Å². The van der Waals surface area contributed by atoms with Crippen molar-refractivity contribution in [1.29, 1.82) is 0 Å². The quantitative estimate of drug-likeness (QED) is 0.706. The Bertz CT molecular complexity index is 1090. The molecule has 2 aliphatic heterocycles. The van der Waals surface area contributed by atoms with Gasteiger partial charge in [-0.3, -0.25) is 4.99 Å². The number of nitrogens with zero attached hydrogens (tertiary/aromatic N) is 3. The number of hydrogen-bond acceptors (Lipinski definition) is 6. The lowest BCUT2D eigenvalue weighted by Crippen LogP contribution is -2.48. The number of fused-ring (bicyclic) bond motifs is 2. The third-order valence-electron chi connectivity index (χ3n) is 5.94. The van der Waals surface area contributed by atoms with Crippen LogP contribution in [0.1, 0.15) is 19.3 Å². The summed E-state index contributed by atoms with van der Waals surface area (Å²) in [5, 5.41) is 5.68. The van der Waals surface area contributed by atoms with Gasteiger partial charge in [-0.05, 0) is 73.4 Å². The Morgan fingerprint density at radius 2 is 1.74 bits per heavy atom. The number of carbonyl (C=O) groups is 1. The second kappa shape index (κ2) is 7.79. The van der Waals surface area contributed by atoms with Gasteiger partial charge in [-0.15, -0.1) is 0 Å². The van der Waals surface area contributed by atoms with Gasteiger partial charge in [-0.1, -0.05) is 0 Å². The lowest BCUT2D eigenvalue weighted by atomic mass is 10.00. The molecule has 2 amide bonds. The van der Waals surface area contributed by atoms with E-state index >= 15 is 0 Å². The van der Waals surface area contributed by atoms with Crippen LogP contribution in [-0.4, -0.2) is 37.4 Å². The summed E-state index contributed by atoms with van der Waals surface area (Å²) in [7, 11) is 1.60. The molecule has 2 aromatic carbocycles. The van der Waals surface area contributed by atoms with E-state index in [2.05, 4.69) is 25.5 Å². The Hall–Kier alpha value is -3.81. The van der Waals surface area contributed by atoms with Crippen molar-refractivity contribution in [3.8, 4) is 5.75 Å². The highest BCUT2D eigenvalue weighted by molar-refractivity contribution is 6.00. The number of ether oxygens (including phenoxy) is 1. The average Bonchev–Trinajstić information content (AvgIpc) is 3.37. The molecule has 2 heterocycles. The van der Waals surface area contributed by atoms with E-state index < -0.39 is 0 Å². The molecule has 0 bridgehead atoms. The molecule has 2 unspecified atom stereocenters. The standard InChI is InChI=1S/C23H24N6O2/c1-31-17-11-7-15(8-12-17)28-23(30)27-14-5-9-16(10-6-14)29-19-4-2-3-18(19)20-21(29)22(24)26-13-25-20/h5-13,20-21H,2-4H2,1H3,(H2,24,25,26)(H2,27,28,30). The zero-order valence-corrected chi connectivity index (χ0v) is 17.2. The number of hydrogen-bond donors (Lipinski definition) is 3. The van der Waals surface area contributed by atoms with Crippen LogP contribution in [0, 0.1) is 0 Å². The van der Waals surface area contributed by atoms with Crippen molar-refractivity contribution < 1.29 is 9.53 Å². The van der Waals surface area contributed by atoms with E-state index in [0.717, 1.165) is 30.7 Å². The monoisotopic (exact) mass is 416 g/mol. The maximum Gasteiger partial charge on any atom is 0.323 e. The largest absolute Gasteiger partial charge is 0.497 e. The van der Waals surface area contributed by atoms with E-state index in [1.807, 2.05) is 24.3 Å². The predicted octanol–water partition coefficient (Wildman–Crippen LogP) is 3.73. The molecule has 0 radical (unpaired) electrons. The number of amides is 2. The summed E-state index contributed by atoms with van der Waals surface area (Å²) in [5.41, 5.74) is 11.4. The number of amidine groups is 1. The number of carbonyl (C=O) groups excluding carboxylic acids is 1. The van der Waals surface area contributed by atoms with Gasteiger partial charge in [0, 0.05) is 22.8 Å². The van der Waals surface area contributed by atoms with Crippen LogP contribution in [0.25, 0.3) is 0 Å². The second-order valence-electron chi connectivity index (χ2n) is 7.76. The van der Waals surface area contributed by atoms with E-state index in [1.54, 1.807) is 37.7 Å². The van der Waals surface area contributed by atoms with Gasteiger partial charge in [0.2, 0.25) is 0 Å². The van der Waals surface area contributed by atoms with E-state index in [9.17, 15) is 4.79 Å². The summed E-state index contributed by atoms with van der Waals surface area (Å²) in [6.45, 7) is 0. The van der Waals surface area contributed by atoms with E-state index in [4.69, 9.17) is 10.5 Å². The highest BCUT2D eigenvalue weighted by Crippen LogP contribution is 2.44. The van der Waals surface area contributed by atoms with Gasteiger partial charge < -0.3 is 26.0 Å². The molecule has 2 aromatic rings. The molecule has 158 valence electrons. The molecule has 8 heteroatoms. The molecule has 1 aliphatic carbocycles. The van der Waals surface area contributed by atoms with E-state index in [0.29, 0.717) is 17.2 Å². The summed E-state index contributed by atoms with van der Waals surface area (Å²) in [5.74, 6) is 1.33. The van der Waals surface area contributed by atoms with Crippen molar-refractivity contribution in [1.82, 2.24) is 0 Å². The first-order valence-corrected chi connectivity index (χ1v) is 10.3. The third kappa shape index (κ3) is 3.50. The molecule has 0 fully saturated rings. The number of nitrogens with two attached hydrogens (primary N) is 1. The van der Waals surface area contributed by atoms with Crippen molar-refractivity contribution >= 4 is 35.3 Å². The fourth-order valence-corrected chi connectivity index (χ4v) is 4.55. The molecule has 31 heavy (non-hydrogen) atoms. The van der Waals surface area contributed by atoms with Crippen LogP contribution in [0.5, 0.6) is 5.75 Å². The third-order valence-corrected chi connectivity index (χ3v) is 5.94. The number of allylic oxidation sites excluding steroid dienone is 1. The van der Waals surface area contributed by atoms with Crippen molar-refractivity contribution in [3.63, 3.8) is 0 Å². The van der Waals surface area contributed by atoms with Crippen molar-refractivity contribution in [2.75, 3.05) is 22.6 Å². The SMILES string of the molecule is COc1ccc(NC(=O)Nc2ccc(N3C4=C(CCC4)C4N=CN=C(N)C43)cc2)cc1. The van der Waals surface area contributed by atoms with Gasteiger partial charge in [-0.2, -0.15) is 0 Å². The minimum absolute atomic E-state index is 0.0584. The van der Waals surface area contributed by atoms with Crippen molar-refractivity contribution in [3.05, 3.63) is 59.8 Å². The minimum atomic E-state index is -0.307. The smallest absolute Gasteiger partial charge is 0.323 e. The van der Waals surface area contributed by atoms with E-state index in [1.165, 1.54) is 11.3 Å². The number of benzene rings is 2. The number of nitrogens with one attached hydrogen (secondary N) is 2. The molecular formula is C23H24N6O2. The van der Waals surface area contributed by atoms with Gasteiger partial charge >= 0.3 is 6.03 Å². The minimum Gasteiger partial charge on any atom is -0.497 e. The predicted molar refractivity (Wildman–Crippen MR) is 123 cm³/mol. The zero-order chi connectivity index (χ0) is 21.4. The van der Waals surface area contributed by atoms with E-state index in [-0.39, 0.29) is 18.1 Å². The van der Waals surface area contributed by atoms with Crippen LogP contribution >= 0.6 is 0 Å². The first-order valence-electron chi connectivity index (χ1n) is 10.3. The highest BCUT2D eigenvalue weighted by atomic mass is 16.5. The molecule has 3 aliphatic rings. The second-order valence-corrected chi connectivity index (χ2v) is 7.76. The number of rotatable bonds is 4. The molecule has 0 saturated heterocycles. The van der Waals surface area contributed by atoms with Gasteiger partial charge in [0.1, 0.15) is 30.0 Å². The first-order chi connectivity index (χ1) is 15.1. The maximum absolute atomic E-state index is 12.3.